The van der Waals surface area contributed by atoms with Gasteiger partial charge in [-0.25, -0.2) is 4.39 Å². The van der Waals surface area contributed by atoms with Gasteiger partial charge in [-0.1, -0.05) is 24.3 Å². The largest absolute Gasteiger partial charge is 0.434 e. The number of anilines is 1. The summed E-state index contributed by atoms with van der Waals surface area (Å²) in [5.74, 6) is 0.0649. The Bertz CT molecular complexity index is 1310. The van der Waals surface area contributed by atoms with Crippen molar-refractivity contribution in [3.8, 4) is 5.75 Å². The van der Waals surface area contributed by atoms with E-state index in [-0.39, 0.29) is 44.3 Å². The van der Waals surface area contributed by atoms with Gasteiger partial charge in [0, 0.05) is 66.1 Å². The number of hydrogen-bond donors (Lipinski definition) is 2. The Balaban J connectivity index is 1.36. The molecule has 3 aliphatic heterocycles. The number of nitrogens with zero attached hydrogens (tertiary/aromatic N) is 2. The minimum atomic E-state index is -3.01. The highest BCUT2D eigenvalue weighted by molar-refractivity contribution is 5.85. The Morgan fingerprint density at radius 3 is 2.69 bits per heavy atom. The third-order valence-corrected chi connectivity index (χ3v) is 8.16. The number of rotatable bonds is 10. The van der Waals surface area contributed by atoms with E-state index in [9.17, 15) is 13.2 Å². The van der Waals surface area contributed by atoms with Gasteiger partial charge in [-0.05, 0) is 37.5 Å². The number of nitrogens with one attached hydrogen (secondary N) is 2. The average molecular weight is 547 g/mol. The Labute approximate surface area is 225 Å². The van der Waals surface area contributed by atoms with E-state index in [0.717, 1.165) is 35.2 Å². The zero-order chi connectivity index (χ0) is 27.1. The number of alkyl halides is 4. The molecule has 2 fully saturated rings. The highest BCUT2D eigenvalue weighted by atomic mass is 19.3. The van der Waals surface area contributed by atoms with Crippen LogP contribution in [0.3, 0.4) is 0 Å². The Kier molecular flexibility index (Phi) is 7.20. The summed E-state index contributed by atoms with van der Waals surface area (Å²) in [7, 11) is 0. The van der Waals surface area contributed by atoms with Crippen LogP contribution < -0.4 is 10.1 Å². The molecule has 0 radical (unpaired) electrons. The number of ether oxygens (including phenoxy) is 2. The number of aromatic nitrogens is 1. The SMILES string of the molecule is CC1Cc2c([nH]c3ccccc23)C(c2ccc(NC3CN(CCCF)C3)cc2OC(F)F)N1CC1(F)COC1. The van der Waals surface area contributed by atoms with E-state index >= 15 is 4.39 Å². The Morgan fingerprint density at radius 1 is 1.18 bits per heavy atom. The van der Waals surface area contributed by atoms with Gasteiger partial charge < -0.3 is 19.8 Å². The molecule has 0 aliphatic carbocycles. The second-order valence-corrected chi connectivity index (χ2v) is 11.1. The zero-order valence-electron chi connectivity index (χ0n) is 21.9. The molecule has 0 saturated carbocycles. The molecule has 6 rings (SSSR count). The molecule has 0 amide bonds. The molecule has 2 atom stereocenters. The first-order valence-corrected chi connectivity index (χ1v) is 13.6. The van der Waals surface area contributed by atoms with E-state index in [1.807, 2.05) is 30.3 Å². The van der Waals surface area contributed by atoms with Crippen LogP contribution in [0.25, 0.3) is 10.9 Å². The van der Waals surface area contributed by atoms with Crippen molar-refractivity contribution < 1.29 is 27.0 Å². The summed E-state index contributed by atoms with van der Waals surface area (Å²) < 4.78 is 65.6. The first-order chi connectivity index (χ1) is 18.8. The molecule has 0 spiro atoms. The molecular formula is C29H34F4N4O2. The third kappa shape index (κ3) is 5.21. The van der Waals surface area contributed by atoms with Crippen LogP contribution in [0.5, 0.6) is 5.75 Å². The molecule has 1 aromatic heterocycles. The predicted octanol–water partition coefficient (Wildman–Crippen LogP) is 5.30. The topological polar surface area (TPSA) is 52.8 Å². The fraction of sp³-hybridized carbons (Fsp3) is 0.517. The first kappa shape index (κ1) is 26.4. The number of hydrogen-bond acceptors (Lipinski definition) is 5. The normalized spacial score (nSPS) is 23.4. The van der Waals surface area contributed by atoms with Crippen LogP contribution >= 0.6 is 0 Å². The van der Waals surface area contributed by atoms with Crippen molar-refractivity contribution in [3.05, 3.63) is 59.3 Å². The Morgan fingerprint density at radius 2 is 1.97 bits per heavy atom. The lowest BCUT2D eigenvalue weighted by molar-refractivity contribution is -0.148. The first-order valence-electron chi connectivity index (χ1n) is 13.6. The maximum absolute atomic E-state index is 15.4. The van der Waals surface area contributed by atoms with Crippen LogP contribution in [-0.2, 0) is 11.2 Å². The number of aromatic amines is 1. The molecule has 10 heteroatoms. The smallest absolute Gasteiger partial charge is 0.387 e. The van der Waals surface area contributed by atoms with Crippen molar-refractivity contribution in [2.45, 2.75) is 50.2 Å². The molecule has 3 aromatic rings. The van der Waals surface area contributed by atoms with Crippen LogP contribution in [0.4, 0.5) is 23.2 Å². The fourth-order valence-electron chi connectivity index (χ4n) is 6.24. The second kappa shape index (κ2) is 10.6. The zero-order valence-corrected chi connectivity index (χ0v) is 21.9. The van der Waals surface area contributed by atoms with Crippen LogP contribution in [0.2, 0.25) is 0 Å². The van der Waals surface area contributed by atoms with E-state index in [2.05, 4.69) is 33.1 Å². The number of likely N-dealkylation sites (tertiary alicyclic amines) is 1. The van der Waals surface area contributed by atoms with Crippen molar-refractivity contribution in [2.75, 3.05) is 51.4 Å². The third-order valence-electron chi connectivity index (χ3n) is 8.16. The maximum atomic E-state index is 15.4. The van der Waals surface area contributed by atoms with Gasteiger partial charge in [-0.3, -0.25) is 14.2 Å². The molecule has 210 valence electrons. The molecule has 39 heavy (non-hydrogen) atoms. The molecule has 2 unspecified atom stereocenters. The number of benzene rings is 2. The van der Waals surface area contributed by atoms with Gasteiger partial charge in [0.2, 0.25) is 0 Å². The number of fused-ring (bicyclic) bond motifs is 3. The summed E-state index contributed by atoms with van der Waals surface area (Å²) in [4.78, 5) is 7.72. The highest BCUT2D eigenvalue weighted by Crippen LogP contribution is 2.45. The maximum Gasteiger partial charge on any atom is 0.387 e. The minimum absolute atomic E-state index is 0.0233. The summed E-state index contributed by atoms with van der Waals surface area (Å²) in [6, 6.07) is 12.9. The molecule has 2 N–H and O–H groups in total. The van der Waals surface area contributed by atoms with Gasteiger partial charge in [0.1, 0.15) is 5.75 Å². The van der Waals surface area contributed by atoms with E-state index in [1.165, 1.54) is 0 Å². The van der Waals surface area contributed by atoms with Crippen molar-refractivity contribution in [1.29, 1.82) is 0 Å². The monoisotopic (exact) mass is 546 g/mol. The van der Waals surface area contributed by atoms with Gasteiger partial charge in [0.25, 0.3) is 0 Å². The van der Waals surface area contributed by atoms with E-state index in [4.69, 9.17) is 9.47 Å². The van der Waals surface area contributed by atoms with Crippen molar-refractivity contribution in [3.63, 3.8) is 0 Å². The molecule has 2 aromatic carbocycles. The Hall–Kier alpha value is -2.82. The van der Waals surface area contributed by atoms with Crippen LogP contribution in [-0.4, -0.2) is 85.2 Å². The van der Waals surface area contributed by atoms with Crippen molar-refractivity contribution in [1.82, 2.24) is 14.8 Å². The number of H-pyrrole nitrogens is 1. The molecular weight excluding hydrogens is 512 g/mol. The van der Waals surface area contributed by atoms with Crippen LogP contribution in [0.1, 0.15) is 36.2 Å². The lowest BCUT2D eigenvalue weighted by Gasteiger charge is -2.46. The lowest BCUT2D eigenvalue weighted by atomic mass is 9.86. The summed E-state index contributed by atoms with van der Waals surface area (Å²) >= 11 is 0. The summed E-state index contributed by atoms with van der Waals surface area (Å²) in [6.07, 6.45) is 1.21. The predicted molar refractivity (Wildman–Crippen MR) is 142 cm³/mol. The van der Waals surface area contributed by atoms with Crippen molar-refractivity contribution in [2.24, 2.45) is 0 Å². The van der Waals surface area contributed by atoms with E-state index in [1.54, 1.807) is 6.07 Å². The number of halogens is 4. The standard InChI is InChI=1S/C29H34F4N4O2/c1-18-11-23-21-5-2-3-6-24(21)35-26(23)27(37(18)15-29(33)16-38-17-29)22-8-7-19(12-25(22)39-28(31)32)34-20-13-36(14-20)10-4-9-30/h2-3,5-8,12,18,20,27-28,34-35H,4,9-11,13-17H2,1H3. The molecule has 2 saturated heterocycles. The van der Waals surface area contributed by atoms with E-state index in [0.29, 0.717) is 30.6 Å². The molecule has 4 heterocycles. The molecule has 0 bridgehead atoms. The van der Waals surface area contributed by atoms with Gasteiger partial charge in [0.05, 0.1) is 32.0 Å². The minimum Gasteiger partial charge on any atom is -0.434 e. The highest BCUT2D eigenvalue weighted by Gasteiger charge is 2.46. The number of para-hydroxylation sites is 1. The van der Waals surface area contributed by atoms with Gasteiger partial charge in [-0.2, -0.15) is 8.78 Å². The quantitative estimate of drug-likeness (QED) is 0.338. The molecule has 6 nitrogen and oxygen atoms in total. The van der Waals surface area contributed by atoms with Crippen LogP contribution in [0, 0.1) is 0 Å². The summed E-state index contributed by atoms with van der Waals surface area (Å²) in [5.41, 5.74) is 2.69. The van der Waals surface area contributed by atoms with Gasteiger partial charge in [-0.15, -0.1) is 0 Å². The summed E-state index contributed by atoms with van der Waals surface area (Å²) in [5, 5.41) is 4.47. The van der Waals surface area contributed by atoms with Gasteiger partial charge in [0.15, 0.2) is 5.67 Å². The lowest BCUT2D eigenvalue weighted by Crippen LogP contribution is -2.57. The summed E-state index contributed by atoms with van der Waals surface area (Å²) in [6.45, 7) is 1.11. The second-order valence-electron chi connectivity index (χ2n) is 11.1. The average Bonchev–Trinajstić information content (AvgIpc) is 3.23. The van der Waals surface area contributed by atoms with Gasteiger partial charge >= 0.3 is 6.61 Å². The van der Waals surface area contributed by atoms with E-state index < -0.39 is 18.3 Å². The fourth-order valence-corrected chi connectivity index (χ4v) is 6.24. The molecule has 3 aliphatic rings. The van der Waals surface area contributed by atoms with Crippen molar-refractivity contribution >= 4 is 16.6 Å². The van der Waals surface area contributed by atoms with Crippen LogP contribution in [0.15, 0.2) is 42.5 Å².